The summed E-state index contributed by atoms with van der Waals surface area (Å²) < 4.78 is 35.3. The van der Waals surface area contributed by atoms with E-state index in [-0.39, 0.29) is 29.5 Å². The molecule has 0 bridgehead atoms. The van der Waals surface area contributed by atoms with E-state index in [2.05, 4.69) is 21.2 Å². The second-order valence-electron chi connectivity index (χ2n) is 9.77. The number of nitrogens with one attached hydrogen (secondary N) is 1. The van der Waals surface area contributed by atoms with E-state index in [9.17, 15) is 18.0 Å². The van der Waals surface area contributed by atoms with Crippen molar-refractivity contribution in [2.75, 3.05) is 24.5 Å². The third kappa shape index (κ3) is 8.24. The first-order valence-electron chi connectivity index (χ1n) is 13.8. The number of halogens is 1. The maximum Gasteiger partial charge on any atom is 0.264 e. The average Bonchev–Trinajstić information content (AvgIpc) is 3.03. The molecule has 0 heterocycles. The Bertz CT molecular complexity index is 1620. The fourth-order valence-electron chi connectivity index (χ4n) is 4.65. The van der Waals surface area contributed by atoms with Crippen LogP contribution < -0.4 is 14.4 Å². The van der Waals surface area contributed by atoms with E-state index < -0.39 is 28.5 Å². The number of hydrogen-bond donors (Lipinski definition) is 1. The van der Waals surface area contributed by atoms with Crippen LogP contribution in [0.5, 0.6) is 5.75 Å². The van der Waals surface area contributed by atoms with Crippen LogP contribution in [0.15, 0.2) is 119 Å². The van der Waals surface area contributed by atoms with E-state index in [1.807, 2.05) is 61.5 Å². The van der Waals surface area contributed by atoms with Crippen molar-refractivity contribution in [3.8, 4) is 5.75 Å². The van der Waals surface area contributed by atoms with Crippen LogP contribution in [0.4, 0.5) is 5.69 Å². The Balaban J connectivity index is 1.79. The van der Waals surface area contributed by atoms with E-state index in [4.69, 9.17) is 4.74 Å². The molecule has 0 aliphatic rings. The molecular weight excluding hydrogens is 630 g/mol. The van der Waals surface area contributed by atoms with Crippen molar-refractivity contribution in [3.05, 3.63) is 125 Å². The molecule has 0 aromatic heterocycles. The Labute approximate surface area is 261 Å². The lowest BCUT2D eigenvalue weighted by molar-refractivity contribution is -0.140. The Hall–Kier alpha value is -4.15. The number of nitrogens with zero attached hydrogens (tertiary/aromatic N) is 2. The van der Waals surface area contributed by atoms with Gasteiger partial charge in [-0.25, -0.2) is 8.42 Å². The molecule has 0 saturated carbocycles. The third-order valence-corrected chi connectivity index (χ3v) is 9.16. The molecule has 0 radical (unpaired) electrons. The van der Waals surface area contributed by atoms with Crippen LogP contribution in [0.3, 0.4) is 0 Å². The summed E-state index contributed by atoms with van der Waals surface area (Å²) in [6.07, 6.45) is 0.250. The van der Waals surface area contributed by atoms with Crippen molar-refractivity contribution < 1.29 is 22.7 Å². The summed E-state index contributed by atoms with van der Waals surface area (Å²) in [7, 11) is -2.69. The Morgan fingerprint density at radius 3 is 2.14 bits per heavy atom. The van der Waals surface area contributed by atoms with Crippen molar-refractivity contribution >= 4 is 43.5 Å². The molecule has 2 amide bonds. The van der Waals surface area contributed by atoms with Gasteiger partial charge in [0.25, 0.3) is 10.0 Å². The summed E-state index contributed by atoms with van der Waals surface area (Å²) in [5.74, 6) is -0.415. The standard InChI is InChI=1S/C33H34BrN3O5S/c1-3-35-33(39)31(21-25-11-6-4-7-12-25)36(23-26-17-19-27(34)20-18-26)32(38)24-37(28-13-10-14-29(22-28)42-2)43(40,41)30-15-8-5-9-16-30/h4-20,22,31H,3,21,23-24H2,1-2H3,(H,35,39)/t31-/m1/s1. The van der Waals surface area contributed by atoms with Gasteiger partial charge in [-0.2, -0.15) is 0 Å². The van der Waals surface area contributed by atoms with Crippen LogP contribution in [-0.2, 0) is 32.6 Å². The lowest BCUT2D eigenvalue weighted by Crippen LogP contribution is -2.53. The van der Waals surface area contributed by atoms with E-state index in [0.29, 0.717) is 12.3 Å². The fourth-order valence-corrected chi connectivity index (χ4v) is 6.34. The van der Waals surface area contributed by atoms with Gasteiger partial charge in [0.05, 0.1) is 17.7 Å². The van der Waals surface area contributed by atoms with E-state index in [1.165, 1.54) is 24.1 Å². The van der Waals surface area contributed by atoms with Gasteiger partial charge in [0.1, 0.15) is 18.3 Å². The van der Waals surface area contributed by atoms with Crippen LogP contribution in [0.1, 0.15) is 18.1 Å². The smallest absolute Gasteiger partial charge is 0.264 e. The highest BCUT2D eigenvalue weighted by molar-refractivity contribution is 9.10. The summed E-state index contributed by atoms with van der Waals surface area (Å²) in [5, 5.41) is 2.86. The maximum atomic E-state index is 14.4. The Kier molecular flexibility index (Phi) is 11.0. The van der Waals surface area contributed by atoms with E-state index >= 15 is 0 Å². The maximum absolute atomic E-state index is 14.4. The minimum Gasteiger partial charge on any atom is -0.497 e. The van der Waals surface area contributed by atoms with Crippen molar-refractivity contribution in [2.24, 2.45) is 0 Å². The Morgan fingerprint density at radius 2 is 1.51 bits per heavy atom. The molecule has 1 N–H and O–H groups in total. The molecule has 0 unspecified atom stereocenters. The monoisotopic (exact) mass is 663 g/mol. The molecule has 43 heavy (non-hydrogen) atoms. The summed E-state index contributed by atoms with van der Waals surface area (Å²) >= 11 is 3.44. The van der Waals surface area contributed by atoms with Crippen LogP contribution in [0.2, 0.25) is 0 Å². The van der Waals surface area contributed by atoms with Crippen LogP contribution in [-0.4, -0.2) is 51.4 Å². The molecule has 0 spiro atoms. The van der Waals surface area contributed by atoms with Crippen LogP contribution in [0.25, 0.3) is 0 Å². The number of carbonyl (C=O) groups excluding carboxylic acids is 2. The van der Waals surface area contributed by atoms with Crippen molar-refractivity contribution in [2.45, 2.75) is 30.8 Å². The molecule has 0 fully saturated rings. The SMILES string of the molecule is CCNC(=O)[C@@H](Cc1ccccc1)N(Cc1ccc(Br)cc1)C(=O)CN(c1cccc(OC)c1)S(=O)(=O)c1ccccc1. The van der Waals surface area contributed by atoms with Crippen molar-refractivity contribution in [3.63, 3.8) is 0 Å². The molecule has 4 aromatic rings. The molecule has 4 rings (SSSR count). The number of likely N-dealkylation sites (N-methyl/N-ethyl adjacent to an activating group) is 1. The number of methoxy groups -OCH3 is 1. The number of benzene rings is 4. The number of anilines is 1. The molecule has 4 aromatic carbocycles. The minimum atomic E-state index is -4.18. The third-order valence-electron chi connectivity index (χ3n) is 6.84. The molecule has 10 heteroatoms. The van der Waals surface area contributed by atoms with Gasteiger partial charge in [-0.05, 0) is 54.4 Å². The highest BCUT2D eigenvalue weighted by Crippen LogP contribution is 2.28. The van der Waals surface area contributed by atoms with Crippen molar-refractivity contribution in [1.29, 1.82) is 0 Å². The van der Waals surface area contributed by atoms with Crippen LogP contribution in [0, 0.1) is 0 Å². The number of carbonyl (C=O) groups is 2. The highest BCUT2D eigenvalue weighted by Gasteiger charge is 2.34. The lowest BCUT2D eigenvalue weighted by Gasteiger charge is -2.34. The summed E-state index contributed by atoms with van der Waals surface area (Å²) in [6.45, 7) is 1.75. The molecular formula is C33H34BrN3O5S. The predicted octanol–water partition coefficient (Wildman–Crippen LogP) is 5.43. The molecule has 0 aliphatic carbocycles. The van der Waals surface area contributed by atoms with Gasteiger partial charge in [-0.1, -0.05) is 82.7 Å². The lowest BCUT2D eigenvalue weighted by atomic mass is 10.0. The first-order chi connectivity index (χ1) is 20.7. The number of ether oxygens (including phenoxy) is 1. The normalized spacial score (nSPS) is 11.8. The summed E-state index contributed by atoms with van der Waals surface area (Å²) in [6, 6.07) is 30.5. The van der Waals surface area contributed by atoms with E-state index in [1.54, 1.807) is 42.5 Å². The van der Waals surface area contributed by atoms with Gasteiger partial charge in [-0.15, -0.1) is 0 Å². The Morgan fingerprint density at radius 1 is 0.860 bits per heavy atom. The summed E-state index contributed by atoms with van der Waals surface area (Å²) in [4.78, 5) is 29.4. The molecule has 0 saturated heterocycles. The topological polar surface area (TPSA) is 96.0 Å². The zero-order valence-electron chi connectivity index (χ0n) is 24.0. The minimum absolute atomic E-state index is 0.0367. The number of hydrogen-bond acceptors (Lipinski definition) is 5. The molecule has 0 aliphatic heterocycles. The van der Waals surface area contributed by atoms with Gasteiger partial charge in [0.2, 0.25) is 11.8 Å². The first kappa shape index (κ1) is 31.8. The predicted molar refractivity (Wildman–Crippen MR) is 171 cm³/mol. The van der Waals surface area contributed by atoms with Gasteiger partial charge in [0, 0.05) is 30.0 Å². The molecule has 8 nitrogen and oxygen atoms in total. The largest absolute Gasteiger partial charge is 0.497 e. The molecule has 224 valence electrons. The van der Waals surface area contributed by atoms with Gasteiger partial charge >= 0.3 is 0 Å². The van der Waals surface area contributed by atoms with Gasteiger partial charge < -0.3 is 15.0 Å². The van der Waals surface area contributed by atoms with Gasteiger partial charge in [-0.3, -0.25) is 13.9 Å². The second kappa shape index (κ2) is 14.8. The fraction of sp³-hybridized carbons (Fsp3) is 0.212. The number of rotatable bonds is 13. The zero-order chi connectivity index (χ0) is 30.8. The number of amides is 2. The average molecular weight is 665 g/mol. The van der Waals surface area contributed by atoms with E-state index in [0.717, 1.165) is 19.9 Å². The highest BCUT2D eigenvalue weighted by atomic mass is 79.9. The van der Waals surface area contributed by atoms with Gasteiger partial charge in [0.15, 0.2) is 0 Å². The first-order valence-corrected chi connectivity index (χ1v) is 16.0. The number of sulfonamides is 1. The molecule has 1 atom stereocenters. The van der Waals surface area contributed by atoms with Crippen LogP contribution >= 0.6 is 15.9 Å². The summed E-state index contributed by atoms with van der Waals surface area (Å²) in [5.41, 5.74) is 1.92. The quantitative estimate of drug-likeness (QED) is 0.206. The zero-order valence-corrected chi connectivity index (χ0v) is 26.4. The van der Waals surface area contributed by atoms with Crippen molar-refractivity contribution in [1.82, 2.24) is 10.2 Å². The second-order valence-corrected chi connectivity index (χ2v) is 12.6.